The van der Waals surface area contributed by atoms with Gasteiger partial charge in [-0.3, -0.25) is 9.79 Å². The Balaban J connectivity index is 0. The summed E-state index contributed by atoms with van der Waals surface area (Å²) in [7, 11) is 1.62. The van der Waals surface area contributed by atoms with Crippen molar-refractivity contribution in [2.75, 3.05) is 20.1 Å². The number of aliphatic imine (C=N–C) groups is 1. The van der Waals surface area contributed by atoms with E-state index >= 15 is 0 Å². The van der Waals surface area contributed by atoms with Crippen LogP contribution in [0.2, 0.25) is 0 Å². The van der Waals surface area contributed by atoms with Crippen LogP contribution in [0.25, 0.3) is 0 Å². The molecule has 0 aromatic heterocycles. The Kier molecular flexibility index (Phi) is 10.3. The molecule has 1 amide bonds. The lowest BCUT2D eigenvalue weighted by atomic mass is 9.93. The molecule has 0 aliphatic rings. The second kappa shape index (κ2) is 9.41. The number of nitrogens with one attached hydrogen (secondary N) is 2. The van der Waals surface area contributed by atoms with Gasteiger partial charge in [0.2, 0.25) is 5.91 Å². The highest BCUT2D eigenvalue weighted by Gasteiger charge is 2.26. The van der Waals surface area contributed by atoms with Crippen molar-refractivity contribution < 1.29 is 4.79 Å². The van der Waals surface area contributed by atoms with E-state index in [0.717, 1.165) is 13.0 Å². The van der Waals surface area contributed by atoms with Gasteiger partial charge in [0.05, 0.1) is 12.0 Å². The quantitative estimate of drug-likeness (QED) is 0.375. The number of halogens is 1. The molecule has 0 spiro atoms. The summed E-state index contributed by atoms with van der Waals surface area (Å²) in [4.78, 5) is 15.7. The number of carbonyl (C=O) groups excluding carboxylic acids is 1. The fraction of sp³-hybridized carbons (Fsp3) is 0.833. The van der Waals surface area contributed by atoms with E-state index in [9.17, 15) is 4.79 Å². The molecule has 108 valence electrons. The fourth-order valence-electron chi connectivity index (χ4n) is 1.24. The summed E-state index contributed by atoms with van der Waals surface area (Å²) in [6.07, 6.45) is 1.05. The van der Waals surface area contributed by atoms with Crippen LogP contribution >= 0.6 is 24.0 Å². The first-order chi connectivity index (χ1) is 7.79. The SMILES string of the molecule is CNC(=O)C(C)(C)CN=C(N)NCCC(C)C.I. The summed E-state index contributed by atoms with van der Waals surface area (Å²) < 4.78 is 0. The van der Waals surface area contributed by atoms with Crippen molar-refractivity contribution in [3.05, 3.63) is 0 Å². The lowest BCUT2D eigenvalue weighted by Gasteiger charge is -2.20. The normalized spacial score (nSPS) is 12.0. The zero-order chi connectivity index (χ0) is 13.5. The van der Waals surface area contributed by atoms with E-state index < -0.39 is 5.41 Å². The zero-order valence-electron chi connectivity index (χ0n) is 12.0. The third kappa shape index (κ3) is 8.54. The number of nitrogens with two attached hydrogens (primary N) is 1. The summed E-state index contributed by atoms with van der Waals surface area (Å²) in [5, 5.41) is 5.66. The van der Waals surface area contributed by atoms with Crippen LogP contribution in [0, 0.1) is 11.3 Å². The summed E-state index contributed by atoms with van der Waals surface area (Å²) in [6.45, 7) is 9.20. The van der Waals surface area contributed by atoms with Crippen LogP contribution < -0.4 is 16.4 Å². The molecule has 0 radical (unpaired) electrons. The Morgan fingerprint density at radius 3 is 2.39 bits per heavy atom. The highest BCUT2D eigenvalue weighted by atomic mass is 127. The smallest absolute Gasteiger partial charge is 0.227 e. The average molecular weight is 370 g/mol. The topological polar surface area (TPSA) is 79.5 Å². The molecule has 0 aliphatic carbocycles. The summed E-state index contributed by atoms with van der Waals surface area (Å²) >= 11 is 0. The fourth-order valence-corrected chi connectivity index (χ4v) is 1.24. The molecule has 5 nitrogen and oxygen atoms in total. The largest absolute Gasteiger partial charge is 0.370 e. The van der Waals surface area contributed by atoms with E-state index in [4.69, 9.17) is 5.73 Å². The molecule has 0 rings (SSSR count). The van der Waals surface area contributed by atoms with Gasteiger partial charge in [0.25, 0.3) is 0 Å². The van der Waals surface area contributed by atoms with E-state index in [1.54, 1.807) is 7.05 Å². The second-order valence-corrected chi connectivity index (χ2v) is 5.27. The predicted octanol–water partition coefficient (Wildman–Crippen LogP) is 1.33. The highest BCUT2D eigenvalue weighted by Crippen LogP contribution is 2.14. The van der Waals surface area contributed by atoms with Gasteiger partial charge >= 0.3 is 0 Å². The predicted molar refractivity (Wildman–Crippen MR) is 87.2 cm³/mol. The van der Waals surface area contributed by atoms with Crippen LogP contribution in [0.4, 0.5) is 0 Å². The van der Waals surface area contributed by atoms with Crippen molar-refractivity contribution in [1.82, 2.24) is 10.6 Å². The maximum absolute atomic E-state index is 11.5. The van der Waals surface area contributed by atoms with Crippen LogP contribution in [-0.4, -0.2) is 32.0 Å². The minimum Gasteiger partial charge on any atom is -0.370 e. The van der Waals surface area contributed by atoms with E-state index in [1.165, 1.54) is 0 Å². The van der Waals surface area contributed by atoms with Crippen molar-refractivity contribution in [2.45, 2.75) is 34.1 Å². The van der Waals surface area contributed by atoms with E-state index in [0.29, 0.717) is 18.4 Å². The molecule has 0 heterocycles. The molecule has 0 aromatic rings. The van der Waals surface area contributed by atoms with Gasteiger partial charge < -0.3 is 16.4 Å². The average Bonchev–Trinajstić information content (AvgIpc) is 2.24. The molecule has 0 saturated heterocycles. The van der Waals surface area contributed by atoms with Crippen molar-refractivity contribution >= 4 is 35.8 Å². The third-order valence-electron chi connectivity index (χ3n) is 2.51. The van der Waals surface area contributed by atoms with Gasteiger partial charge in [-0.05, 0) is 26.2 Å². The van der Waals surface area contributed by atoms with Gasteiger partial charge in [-0.2, -0.15) is 0 Å². The Morgan fingerprint density at radius 2 is 1.94 bits per heavy atom. The van der Waals surface area contributed by atoms with Gasteiger partial charge in [0, 0.05) is 13.6 Å². The number of nitrogens with zero attached hydrogens (tertiary/aromatic N) is 1. The summed E-state index contributed by atoms with van der Waals surface area (Å²) in [5.41, 5.74) is 5.19. The first kappa shape index (κ1) is 19.8. The maximum atomic E-state index is 11.5. The Morgan fingerprint density at radius 1 is 1.39 bits per heavy atom. The number of hydrogen-bond donors (Lipinski definition) is 3. The first-order valence-corrected chi connectivity index (χ1v) is 6.05. The van der Waals surface area contributed by atoms with E-state index in [1.807, 2.05) is 13.8 Å². The third-order valence-corrected chi connectivity index (χ3v) is 2.51. The monoisotopic (exact) mass is 370 g/mol. The standard InChI is InChI=1S/C12H26N4O.HI/c1-9(2)6-7-15-11(13)16-8-12(3,4)10(17)14-5;/h9H,6-8H2,1-5H3,(H,14,17)(H3,13,15,16);1H. The van der Waals surface area contributed by atoms with Crippen LogP contribution in [0.1, 0.15) is 34.1 Å². The Bertz CT molecular complexity index is 277. The molecule has 0 bridgehead atoms. The molecule has 4 N–H and O–H groups in total. The molecule has 18 heavy (non-hydrogen) atoms. The number of guanidine groups is 1. The van der Waals surface area contributed by atoms with Crippen molar-refractivity contribution in [3.8, 4) is 0 Å². The van der Waals surface area contributed by atoms with Crippen molar-refractivity contribution in [2.24, 2.45) is 22.1 Å². The zero-order valence-corrected chi connectivity index (χ0v) is 14.4. The molecule has 6 heteroatoms. The molecule has 0 fully saturated rings. The molecular formula is C12H27IN4O. The van der Waals surface area contributed by atoms with E-state index in [2.05, 4.69) is 29.5 Å². The molecule has 0 aromatic carbocycles. The number of carbonyl (C=O) groups is 1. The Labute approximate surface area is 127 Å². The molecule has 0 saturated carbocycles. The van der Waals surface area contributed by atoms with Gasteiger partial charge in [0.15, 0.2) is 5.96 Å². The highest BCUT2D eigenvalue weighted by molar-refractivity contribution is 14.0. The van der Waals surface area contributed by atoms with Crippen LogP contribution in [-0.2, 0) is 4.79 Å². The number of hydrogen-bond acceptors (Lipinski definition) is 2. The minimum absolute atomic E-state index is 0. The second-order valence-electron chi connectivity index (χ2n) is 5.27. The number of rotatable bonds is 6. The summed E-state index contributed by atoms with van der Waals surface area (Å²) in [5.74, 6) is 1.01. The van der Waals surface area contributed by atoms with Crippen LogP contribution in [0.15, 0.2) is 4.99 Å². The molecule has 0 atom stereocenters. The van der Waals surface area contributed by atoms with Gasteiger partial charge in [-0.15, -0.1) is 24.0 Å². The van der Waals surface area contributed by atoms with E-state index in [-0.39, 0.29) is 29.9 Å². The van der Waals surface area contributed by atoms with Crippen LogP contribution in [0.5, 0.6) is 0 Å². The first-order valence-electron chi connectivity index (χ1n) is 6.05. The van der Waals surface area contributed by atoms with Crippen molar-refractivity contribution in [3.63, 3.8) is 0 Å². The maximum Gasteiger partial charge on any atom is 0.227 e. The molecular weight excluding hydrogens is 343 g/mol. The van der Waals surface area contributed by atoms with Gasteiger partial charge in [-0.25, -0.2) is 0 Å². The van der Waals surface area contributed by atoms with Gasteiger partial charge in [-0.1, -0.05) is 13.8 Å². The number of amides is 1. The molecule has 0 aliphatic heterocycles. The van der Waals surface area contributed by atoms with Crippen molar-refractivity contribution in [1.29, 1.82) is 0 Å². The molecule has 0 unspecified atom stereocenters. The lowest BCUT2D eigenvalue weighted by molar-refractivity contribution is -0.128. The lowest BCUT2D eigenvalue weighted by Crippen LogP contribution is -2.39. The van der Waals surface area contributed by atoms with Crippen LogP contribution in [0.3, 0.4) is 0 Å². The van der Waals surface area contributed by atoms with Gasteiger partial charge in [0.1, 0.15) is 0 Å². The summed E-state index contributed by atoms with van der Waals surface area (Å²) in [6, 6.07) is 0. The Hall–Kier alpha value is -0.530. The minimum atomic E-state index is -0.529.